The molecule has 3 aliphatic rings. The van der Waals surface area contributed by atoms with E-state index in [1.807, 2.05) is 0 Å². The molecule has 1 N–H and O–H groups in total. The summed E-state index contributed by atoms with van der Waals surface area (Å²) in [4.78, 5) is 4.63. The third-order valence-corrected chi connectivity index (χ3v) is 4.10. The average Bonchev–Trinajstić information content (AvgIpc) is 2.86. The molecule has 0 spiro atoms. The van der Waals surface area contributed by atoms with Crippen molar-refractivity contribution in [2.24, 2.45) is 10.9 Å². The van der Waals surface area contributed by atoms with E-state index in [1.54, 1.807) is 0 Å². The van der Waals surface area contributed by atoms with Gasteiger partial charge in [-0.2, -0.15) is 0 Å². The van der Waals surface area contributed by atoms with E-state index in [4.69, 9.17) is 0 Å². The molecule has 1 heterocycles. The van der Waals surface area contributed by atoms with Crippen molar-refractivity contribution in [1.82, 2.24) is 5.32 Å². The molecule has 0 radical (unpaired) electrons. The summed E-state index contributed by atoms with van der Waals surface area (Å²) in [6, 6.07) is 1.14. The number of rotatable bonds is 3. The maximum atomic E-state index is 4.63. The highest BCUT2D eigenvalue weighted by molar-refractivity contribution is 6.05. The van der Waals surface area contributed by atoms with Gasteiger partial charge in [-0.15, -0.1) is 0 Å². The molecule has 0 bridgehead atoms. The van der Waals surface area contributed by atoms with E-state index >= 15 is 0 Å². The molecule has 3 atom stereocenters. The molecule has 2 nitrogen and oxygen atoms in total. The lowest BCUT2D eigenvalue weighted by Gasteiger charge is -2.15. The zero-order valence-corrected chi connectivity index (χ0v) is 11.2. The molecule has 1 aliphatic heterocycles. The summed E-state index contributed by atoms with van der Waals surface area (Å²) < 4.78 is 0. The van der Waals surface area contributed by atoms with Gasteiger partial charge in [0.15, 0.2) is 0 Å². The molecule has 18 heavy (non-hydrogen) atoms. The summed E-state index contributed by atoms with van der Waals surface area (Å²) >= 11 is 0. The van der Waals surface area contributed by atoms with Gasteiger partial charge in [-0.1, -0.05) is 30.7 Å². The minimum Gasteiger partial charge on any atom is -0.303 e. The van der Waals surface area contributed by atoms with E-state index in [0.717, 1.165) is 12.3 Å². The van der Waals surface area contributed by atoms with Gasteiger partial charge in [0.25, 0.3) is 0 Å². The fraction of sp³-hybridized carbons (Fsp3) is 0.562. The summed E-state index contributed by atoms with van der Waals surface area (Å²) in [6.07, 6.45) is 11.7. The molecular formula is C16H22N2. The van der Waals surface area contributed by atoms with Crippen molar-refractivity contribution >= 4 is 5.71 Å². The number of hydrogen-bond donors (Lipinski definition) is 1. The number of nitrogens with zero attached hydrogens (tertiary/aromatic N) is 1. The largest absolute Gasteiger partial charge is 0.303 e. The van der Waals surface area contributed by atoms with E-state index in [2.05, 4.69) is 42.0 Å². The van der Waals surface area contributed by atoms with Gasteiger partial charge in [0.1, 0.15) is 0 Å². The Labute approximate surface area is 110 Å². The molecule has 2 fully saturated rings. The predicted molar refractivity (Wildman–Crippen MR) is 77.0 cm³/mol. The quantitative estimate of drug-likeness (QED) is 0.756. The second-order valence-electron chi connectivity index (χ2n) is 5.85. The van der Waals surface area contributed by atoms with Gasteiger partial charge in [0.05, 0.1) is 5.71 Å². The lowest BCUT2D eigenvalue weighted by Crippen LogP contribution is -2.30. The fourth-order valence-electron chi connectivity index (χ4n) is 2.77. The second kappa shape index (κ2) is 4.85. The normalized spacial score (nSPS) is 37.2. The van der Waals surface area contributed by atoms with Crippen LogP contribution in [0.3, 0.4) is 0 Å². The molecule has 0 aromatic carbocycles. The van der Waals surface area contributed by atoms with Gasteiger partial charge in [0.2, 0.25) is 0 Å². The van der Waals surface area contributed by atoms with Gasteiger partial charge in [-0.3, -0.25) is 4.99 Å². The Bertz CT molecular complexity index is 442. The minimum atomic E-state index is 0.560. The zero-order chi connectivity index (χ0) is 12.5. The van der Waals surface area contributed by atoms with Crippen LogP contribution in [0.5, 0.6) is 0 Å². The van der Waals surface area contributed by atoms with E-state index in [-0.39, 0.29) is 0 Å². The van der Waals surface area contributed by atoms with Gasteiger partial charge < -0.3 is 5.32 Å². The van der Waals surface area contributed by atoms with Gasteiger partial charge in [0, 0.05) is 18.6 Å². The van der Waals surface area contributed by atoms with Crippen molar-refractivity contribution in [3.63, 3.8) is 0 Å². The van der Waals surface area contributed by atoms with E-state index in [0.29, 0.717) is 18.0 Å². The highest BCUT2D eigenvalue weighted by atomic mass is 15.0. The molecule has 0 amide bonds. The van der Waals surface area contributed by atoms with Gasteiger partial charge >= 0.3 is 0 Å². The Kier molecular flexibility index (Phi) is 3.21. The van der Waals surface area contributed by atoms with Crippen molar-refractivity contribution in [3.8, 4) is 0 Å². The molecule has 2 heteroatoms. The van der Waals surface area contributed by atoms with Crippen LogP contribution in [-0.2, 0) is 0 Å². The predicted octanol–water partition coefficient (Wildman–Crippen LogP) is 3.03. The van der Waals surface area contributed by atoms with E-state index in [9.17, 15) is 0 Å². The van der Waals surface area contributed by atoms with Crippen LogP contribution in [0.25, 0.3) is 0 Å². The SMILES string of the molecule is C=C1CC1NC1CCC/C1=C\C1=NCC(C)C=C1. The Hall–Kier alpha value is -1.15. The van der Waals surface area contributed by atoms with Crippen LogP contribution < -0.4 is 5.32 Å². The molecule has 96 valence electrons. The van der Waals surface area contributed by atoms with Gasteiger partial charge in [-0.05, 0) is 43.8 Å². The fourth-order valence-corrected chi connectivity index (χ4v) is 2.77. The first kappa shape index (κ1) is 11.9. The van der Waals surface area contributed by atoms with Crippen LogP contribution >= 0.6 is 0 Å². The van der Waals surface area contributed by atoms with Crippen LogP contribution in [0.15, 0.2) is 40.9 Å². The molecule has 0 saturated heterocycles. The van der Waals surface area contributed by atoms with Crippen molar-refractivity contribution in [1.29, 1.82) is 0 Å². The number of dihydropyridines is 1. The Morgan fingerprint density at radius 3 is 2.94 bits per heavy atom. The molecule has 3 unspecified atom stereocenters. The molecule has 0 aromatic rings. The maximum Gasteiger partial charge on any atom is 0.0571 e. The molecule has 2 aliphatic carbocycles. The first-order chi connectivity index (χ1) is 8.72. The van der Waals surface area contributed by atoms with Crippen LogP contribution in [-0.4, -0.2) is 24.3 Å². The standard InChI is InChI=1S/C16H22N2/c1-11-6-7-14(17-10-11)9-13-4-3-5-15(13)18-16-8-12(16)2/h6-7,9,11,15-16,18H,2-5,8,10H2,1H3/b13-9+. The van der Waals surface area contributed by atoms with E-state index < -0.39 is 0 Å². The van der Waals surface area contributed by atoms with E-state index in [1.165, 1.54) is 36.8 Å². The van der Waals surface area contributed by atoms with Crippen LogP contribution in [0, 0.1) is 5.92 Å². The number of allylic oxidation sites excluding steroid dienone is 2. The summed E-state index contributed by atoms with van der Waals surface area (Å²) in [7, 11) is 0. The lowest BCUT2D eigenvalue weighted by atomic mass is 10.0. The topological polar surface area (TPSA) is 24.4 Å². The Morgan fingerprint density at radius 1 is 1.44 bits per heavy atom. The van der Waals surface area contributed by atoms with Crippen LogP contribution in [0.1, 0.15) is 32.6 Å². The highest BCUT2D eigenvalue weighted by Gasteiger charge is 2.32. The highest BCUT2D eigenvalue weighted by Crippen LogP contribution is 2.32. The smallest absolute Gasteiger partial charge is 0.0571 e. The molecular weight excluding hydrogens is 220 g/mol. The lowest BCUT2D eigenvalue weighted by molar-refractivity contribution is 0.583. The Balaban J connectivity index is 1.66. The first-order valence-corrected chi connectivity index (χ1v) is 7.09. The molecule has 0 aromatic heterocycles. The van der Waals surface area contributed by atoms with Crippen molar-refractivity contribution in [3.05, 3.63) is 36.0 Å². The van der Waals surface area contributed by atoms with Gasteiger partial charge in [-0.25, -0.2) is 0 Å². The zero-order valence-electron chi connectivity index (χ0n) is 11.2. The van der Waals surface area contributed by atoms with Crippen LogP contribution in [0.2, 0.25) is 0 Å². The summed E-state index contributed by atoms with van der Waals surface area (Å²) in [6.45, 7) is 7.17. The Morgan fingerprint density at radius 2 is 2.28 bits per heavy atom. The van der Waals surface area contributed by atoms with Crippen molar-refractivity contribution in [2.45, 2.75) is 44.7 Å². The first-order valence-electron chi connectivity index (χ1n) is 7.09. The van der Waals surface area contributed by atoms with Crippen LogP contribution in [0.4, 0.5) is 0 Å². The maximum absolute atomic E-state index is 4.63. The van der Waals surface area contributed by atoms with Crippen molar-refractivity contribution in [2.75, 3.05) is 6.54 Å². The third kappa shape index (κ3) is 2.64. The summed E-state index contributed by atoms with van der Waals surface area (Å²) in [5.74, 6) is 0.597. The van der Waals surface area contributed by atoms with Crippen molar-refractivity contribution < 1.29 is 0 Å². The second-order valence-corrected chi connectivity index (χ2v) is 5.85. The average molecular weight is 242 g/mol. The minimum absolute atomic E-state index is 0.560. The third-order valence-electron chi connectivity index (χ3n) is 4.10. The monoisotopic (exact) mass is 242 g/mol. The number of aliphatic imine (C=N–C) groups is 1. The number of hydrogen-bond acceptors (Lipinski definition) is 2. The summed E-state index contributed by atoms with van der Waals surface area (Å²) in [5.41, 5.74) is 4.06. The molecule has 3 rings (SSSR count). The summed E-state index contributed by atoms with van der Waals surface area (Å²) in [5, 5.41) is 3.70. The molecule has 2 saturated carbocycles. The number of nitrogens with one attached hydrogen (secondary N) is 1.